The van der Waals surface area contributed by atoms with Crippen LogP contribution in [0, 0.1) is 17.2 Å². The maximum atomic E-state index is 12.4. The minimum atomic E-state index is -3.46. The lowest BCUT2D eigenvalue weighted by atomic mass is 10.0. The minimum absolute atomic E-state index is 0.00108. The molecule has 0 aromatic heterocycles. The molecule has 2 atom stereocenters. The first-order valence-corrected chi connectivity index (χ1v) is 7.65. The quantitative estimate of drug-likeness (QED) is 0.891. The van der Waals surface area contributed by atoms with Gasteiger partial charge < -0.3 is 5.73 Å². The number of sulfonamides is 1. The second-order valence-corrected chi connectivity index (χ2v) is 6.85. The number of nitrogens with two attached hydrogens (primary N) is 1. The van der Waals surface area contributed by atoms with Crippen molar-refractivity contribution in [2.24, 2.45) is 11.7 Å². The Morgan fingerprint density at radius 3 is 2.53 bits per heavy atom. The van der Waals surface area contributed by atoms with E-state index in [1.807, 2.05) is 13.0 Å². The molecular weight excluding hydrogens is 262 g/mol. The highest BCUT2D eigenvalue weighted by molar-refractivity contribution is 7.89. The van der Waals surface area contributed by atoms with Crippen molar-refractivity contribution < 1.29 is 8.42 Å². The van der Waals surface area contributed by atoms with E-state index < -0.39 is 10.0 Å². The van der Waals surface area contributed by atoms with E-state index in [1.54, 1.807) is 0 Å². The molecule has 6 heteroatoms. The molecule has 0 saturated carbocycles. The maximum Gasteiger partial charge on any atom is 0.243 e. The number of benzene rings is 1. The molecule has 2 rings (SSSR count). The lowest BCUT2D eigenvalue weighted by Crippen LogP contribution is -2.33. The molecule has 1 heterocycles. The summed E-state index contributed by atoms with van der Waals surface area (Å²) in [4.78, 5) is 0.233. The van der Waals surface area contributed by atoms with Crippen molar-refractivity contribution >= 4 is 10.0 Å². The summed E-state index contributed by atoms with van der Waals surface area (Å²) in [6.07, 6.45) is 0.799. The van der Waals surface area contributed by atoms with Crippen LogP contribution in [-0.4, -0.2) is 31.9 Å². The van der Waals surface area contributed by atoms with E-state index in [9.17, 15) is 8.42 Å². The fourth-order valence-electron chi connectivity index (χ4n) is 2.25. The van der Waals surface area contributed by atoms with Gasteiger partial charge in [0.25, 0.3) is 0 Å². The molecule has 102 valence electrons. The van der Waals surface area contributed by atoms with Crippen molar-refractivity contribution in [2.45, 2.75) is 24.3 Å². The summed E-state index contributed by atoms with van der Waals surface area (Å²) in [6, 6.07) is 7.97. The van der Waals surface area contributed by atoms with Gasteiger partial charge >= 0.3 is 0 Å². The predicted octanol–water partition coefficient (Wildman–Crippen LogP) is 0.916. The van der Waals surface area contributed by atoms with Gasteiger partial charge in [-0.05, 0) is 43.5 Å². The van der Waals surface area contributed by atoms with E-state index in [1.165, 1.54) is 28.6 Å². The third kappa shape index (κ3) is 2.78. The Morgan fingerprint density at radius 2 is 2.05 bits per heavy atom. The number of hydrogen-bond acceptors (Lipinski definition) is 4. The molecule has 1 fully saturated rings. The summed E-state index contributed by atoms with van der Waals surface area (Å²) in [6.45, 7) is 2.89. The molecule has 5 nitrogen and oxygen atoms in total. The molecular formula is C13H17N3O2S. The number of nitrogens with zero attached hydrogens (tertiary/aromatic N) is 2. The zero-order valence-corrected chi connectivity index (χ0v) is 11.6. The van der Waals surface area contributed by atoms with E-state index in [0.717, 1.165) is 6.42 Å². The average Bonchev–Trinajstić information content (AvgIpc) is 2.89. The molecule has 1 saturated heterocycles. The van der Waals surface area contributed by atoms with Gasteiger partial charge in [-0.3, -0.25) is 0 Å². The third-order valence-corrected chi connectivity index (χ3v) is 5.43. The third-order valence-electron chi connectivity index (χ3n) is 3.55. The normalized spacial score (nSPS) is 22.1. The van der Waals surface area contributed by atoms with Crippen LogP contribution in [0.15, 0.2) is 29.2 Å². The topological polar surface area (TPSA) is 87.2 Å². The zero-order valence-electron chi connectivity index (χ0n) is 10.8. The number of hydrogen-bond donors (Lipinski definition) is 1. The van der Waals surface area contributed by atoms with Crippen molar-refractivity contribution in [2.75, 3.05) is 13.1 Å². The molecule has 0 radical (unpaired) electrons. The van der Waals surface area contributed by atoms with Crippen LogP contribution in [0.4, 0.5) is 0 Å². The smallest absolute Gasteiger partial charge is 0.243 e. The molecule has 2 unspecified atom stereocenters. The molecule has 19 heavy (non-hydrogen) atoms. The van der Waals surface area contributed by atoms with E-state index >= 15 is 0 Å². The van der Waals surface area contributed by atoms with Gasteiger partial charge in [0.2, 0.25) is 10.0 Å². The molecule has 0 bridgehead atoms. The van der Waals surface area contributed by atoms with Gasteiger partial charge in [-0.1, -0.05) is 0 Å². The van der Waals surface area contributed by atoms with Crippen LogP contribution in [0.2, 0.25) is 0 Å². The molecule has 1 aromatic carbocycles. The van der Waals surface area contributed by atoms with Gasteiger partial charge in [0.05, 0.1) is 16.5 Å². The molecule has 1 aromatic rings. The van der Waals surface area contributed by atoms with Crippen molar-refractivity contribution in [1.82, 2.24) is 4.31 Å². The monoisotopic (exact) mass is 279 g/mol. The fraction of sp³-hybridized carbons (Fsp3) is 0.462. The fourth-order valence-corrected chi connectivity index (χ4v) is 3.76. The molecule has 0 amide bonds. The van der Waals surface area contributed by atoms with Crippen molar-refractivity contribution in [3.63, 3.8) is 0 Å². The Kier molecular flexibility index (Phi) is 3.90. The number of nitriles is 1. The largest absolute Gasteiger partial charge is 0.328 e. The van der Waals surface area contributed by atoms with E-state index in [0.29, 0.717) is 18.7 Å². The molecule has 1 aliphatic rings. The van der Waals surface area contributed by atoms with Crippen molar-refractivity contribution in [3.8, 4) is 6.07 Å². The molecule has 2 N–H and O–H groups in total. The predicted molar refractivity (Wildman–Crippen MR) is 71.7 cm³/mol. The van der Waals surface area contributed by atoms with Gasteiger partial charge in [0.1, 0.15) is 0 Å². The molecule has 0 spiro atoms. The first kappa shape index (κ1) is 14.0. The van der Waals surface area contributed by atoms with E-state index in [2.05, 4.69) is 0 Å². The lowest BCUT2D eigenvalue weighted by molar-refractivity contribution is 0.429. The highest BCUT2D eigenvalue weighted by Gasteiger charge is 2.33. The van der Waals surface area contributed by atoms with Crippen LogP contribution in [0.1, 0.15) is 18.9 Å². The maximum absolute atomic E-state index is 12.4. The van der Waals surface area contributed by atoms with E-state index in [-0.39, 0.29) is 16.9 Å². The van der Waals surface area contributed by atoms with Gasteiger partial charge in [0, 0.05) is 19.1 Å². The second-order valence-electron chi connectivity index (χ2n) is 4.91. The Morgan fingerprint density at radius 1 is 1.42 bits per heavy atom. The Balaban J connectivity index is 2.21. The highest BCUT2D eigenvalue weighted by Crippen LogP contribution is 2.25. The van der Waals surface area contributed by atoms with Gasteiger partial charge in [-0.15, -0.1) is 0 Å². The van der Waals surface area contributed by atoms with Crippen molar-refractivity contribution in [1.29, 1.82) is 5.26 Å². The average molecular weight is 279 g/mol. The summed E-state index contributed by atoms with van der Waals surface area (Å²) in [5.41, 5.74) is 6.27. The zero-order chi connectivity index (χ0) is 14.0. The van der Waals surface area contributed by atoms with Crippen LogP contribution >= 0.6 is 0 Å². The summed E-state index contributed by atoms with van der Waals surface area (Å²) in [5, 5.41) is 8.71. The number of rotatable bonds is 3. The van der Waals surface area contributed by atoms with Crippen LogP contribution in [0.3, 0.4) is 0 Å². The molecule has 1 aliphatic heterocycles. The first-order valence-electron chi connectivity index (χ1n) is 6.21. The standard InChI is InChI=1S/C13H17N3O2S/c1-10(15)12-6-7-16(9-12)19(17,18)13-4-2-11(8-14)3-5-13/h2-5,10,12H,6-7,9,15H2,1H3. The highest BCUT2D eigenvalue weighted by atomic mass is 32.2. The van der Waals surface area contributed by atoms with Crippen molar-refractivity contribution in [3.05, 3.63) is 29.8 Å². The Bertz CT molecular complexity index is 587. The van der Waals surface area contributed by atoms with Crippen LogP contribution < -0.4 is 5.73 Å². The summed E-state index contributed by atoms with van der Waals surface area (Å²) < 4.78 is 26.3. The van der Waals surface area contributed by atoms with Crippen LogP contribution in [0.5, 0.6) is 0 Å². The minimum Gasteiger partial charge on any atom is -0.328 e. The summed E-state index contributed by atoms with van der Waals surface area (Å²) >= 11 is 0. The second kappa shape index (κ2) is 5.29. The SMILES string of the molecule is CC(N)C1CCN(S(=O)(=O)c2ccc(C#N)cc2)C1. The van der Waals surface area contributed by atoms with Crippen LogP contribution in [0.25, 0.3) is 0 Å². The van der Waals surface area contributed by atoms with Gasteiger partial charge in [-0.2, -0.15) is 9.57 Å². The first-order chi connectivity index (χ1) is 8.95. The molecule has 0 aliphatic carbocycles. The summed E-state index contributed by atoms with van der Waals surface area (Å²) in [7, 11) is -3.46. The van der Waals surface area contributed by atoms with Crippen LogP contribution in [-0.2, 0) is 10.0 Å². The van der Waals surface area contributed by atoms with E-state index in [4.69, 9.17) is 11.0 Å². The lowest BCUT2D eigenvalue weighted by Gasteiger charge is -2.18. The van der Waals surface area contributed by atoms with Gasteiger partial charge in [0.15, 0.2) is 0 Å². The summed E-state index contributed by atoms with van der Waals surface area (Å²) in [5.74, 6) is 0.216. The Hall–Kier alpha value is -1.42. The van der Waals surface area contributed by atoms with Gasteiger partial charge in [-0.25, -0.2) is 8.42 Å². The Labute approximate surface area is 113 Å².